The van der Waals surface area contributed by atoms with Gasteiger partial charge in [0.05, 0.1) is 0 Å². The molecule has 0 aromatic heterocycles. The lowest BCUT2D eigenvalue weighted by Crippen LogP contribution is -2.37. The van der Waals surface area contributed by atoms with Crippen LogP contribution in [0.5, 0.6) is 5.75 Å². The smallest absolute Gasteiger partial charge is 0.258 e. The molecule has 2 unspecified atom stereocenters. The maximum absolute atomic E-state index is 11.6. The van der Waals surface area contributed by atoms with E-state index in [9.17, 15) is 4.79 Å². The maximum atomic E-state index is 11.6. The van der Waals surface area contributed by atoms with Gasteiger partial charge < -0.3 is 10.1 Å². The summed E-state index contributed by atoms with van der Waals surface area (Å²) in [6, 6.07) is 7.05. The van der Waals surface area contributed by atoms with Crippen molar-refractivity contribution in [3.05, 3.63) is 29.3 Å². The molecule has 18 heavy (non-hydrogen) atoms. The Balaban J connectivity index is 2.30. The van der Waals surface area contributed by atoms with Gasteiger partial charge in [0.25, 0.3) is 5.91 Å². The standard InChI is InChI=1S/C13H17BrClNO2/c1-9(14)7-10(2)16-13(17)8-18-12-5-3-11(15)4-6-12/h3-6,9-10H,7-8H2,1-2H3,(H,16,17). The Hall–Kier alpha value is -0.740. The predicted octanol–water partition coefficient (Wildman–Crippen LogP) is 3.40. The molecule has 0 radical (unpaired) electrons. The van der Waals surface area contributed by atoms with E-state index in [0.29, 0.717) is 15.6 Å². The SMILES string of the molecule is CC(Br)CC(C)NC(=O)COc1ccc(Cl)cc1. The Kier molecular flexibility index (Phi) is 6.50. The number of ether oxygens (including phenoxy) is 1. The van der Waals surface area contributed by atoms with Gasteiger partial charge >= 0.3 is 0 Å². The van der Waals surface area contributed by atoms with E-state index in [1.54, 1.807) is 24.3 Å². The summed E-state index contributed by atoms with van der Waals surface area (Å²) in [5, 5.41) is 3.52. The van der Waals surface area contributed by atoms with Crippen molar-refractivity contribution >= 4 is 33.4 Å². The van der Waals surface area contributed by atoms with Crippen LogP contribution in [-0.4, -0.2) is 23.4 Å². The van der Waals surface area contributed by atoms with Crippen LogP contribution in [0.4, 0.5) is 0 Å². The van der Waals surface area contributed by atoms with Crippen LogP contribution in [0, 0.1) is 0 Å². The molecule has 0 aliphatic carbocycles. The number of amides is 1. The second kappa shape index (κ2) is 7.64. The quantitative estimate of drug-likeness (QED) is 0.810. The number of halogens is 2. The van der Waals surface area contributed by atoms with E-state index in [0.717, 1.165) is 6.42 Å². The van der Waals surface area contributed by atoms with Crippen molar-refractivity contribution in [1.29, 1.82) is 0 Å². The van der Waals surface area contributed by atoms with E-state index in [4.69, 9.17) is 16.3 Å². The number of hydrogen-bond donors (Lipinski definition) is 1. The molecule has 0 fully saturated rings. The van der Waals surface area contributed by atoms with E-state index < -0.39 is 0 Å². The van der Waals surface area contributed by atoms with Crippen molar-refractivity contribution in [2.24, 2.45) is 0 Å². The Labute approximate surface area is 121 Å². The van der Waals surface area contributed by atoms with Gasteiger partial charge in [0, 0.05) is 15.9 Å². The molecule has 0 heterocycles. The molecular weight excluding hydrogens is 318 g/mol. The van der Waals surface area contributed by atoms with Gasteiger partial charge in [-0.3, -0.25) is 4.79 Å². The fourth-order valence-electron chi connectivity index (χ4n) is 1.54. The molecule has 1 rings (SSSR count). The van der Waals surface area contributed by atoms with Crippen LogP contribution in [0.1, 0.15) is 20.3 Å². The van der Waals surface area contributed by atoms with Crippen LogP contribution >= 0.6 is 27.5 Å². The Morgan fingerprint density at radius 1 is 1.39 bits per heavy atom. The first-order valence-corrected chi connectivity index (χ1v) is 7.08. The summed E-state index contributed by atoms with van der Waals surface area (Å²) >= 11 is 9.20. The third-order valence-electron chi connectivity index (χ3n) is 2.27. The van der Waals surface area contributed by atoms with E-state index in [1.165, 1.54) is 0 Å². The van der Waals surface area contributed by atoms with Crippen LogP contribution in [0.3, 0.4) is 0 Å². The molecule has 1 aromatic rings. The lowest BCUT2D eigenvalue weighted by atomic mass is 10.2. The van der Waals surface area contributed by atoms with Gasteiger partial charge in [0.15, 0.2) is 6.61 Å². The molecule has 1 N–H and O–H groups in total. The minimum Gasteiger partial charge on any atom is -0.484 e. The van der Waals surface area contributed by atoms with Gasteiger partial charge in [-0.15, -0.1) is 0 Å². The highest BCUT2D eigenvalue weighted by molar-refractivity contribution is 9.09. The summed E-state index contributed by atoms with van der Waals surface area (Å²) in [7, 11) is 0. The zero-order valence-corrected chi connectivity index (χ0v) is 12.8. The van der Waals surface area contributed by atoms with Crippen molar-refractivity contribution in [2.75, 3.05) is 6.61 Å². The molecule has 0 bridgehead atoms. The summed E-state index contributed by atoms with van der Waals surface area (Å²) in [6.45, 7) is 4.04. The summed E-state index contributed by atoms with van der Waals surface area (Å²) in [4.78, 5) is 12.0. The van der Waals surface area contributed by atoms with Crippen molar-refractivity contribution in [2.45, 2.75) is 31.1 Å². The molecule has 0 aliphatic heterocycles. The molecule has 0 saturated carbocycles. The van der Waals surface area contributed by atoms with E-state index in [2.05, 4.69) is 21.2 Å². The Bertz CT molecular complexity index is 381. The molecule has 1 amide bonds. The highest BCUT2D eigenvalue weighted by Gasteiger charge is 2.10. The summed E-state index contributed by atoms with van der Waals surface area (Å²) in [5.41, 5.74) is 0. The summed E-state index contributed by atoms with van der Waals surface area (Å²) < 4.78 is 5.35. The molecule has 100 valence electrons. The molecule has 0 spiro atoms. The average Bonchev–Trinajstić information content (AvgIpc) is 2.27. The number of carbonyl (C=O) groups excluding carboxylic acids is 1. The molecule has 5 heteroatoms. The van der Waals surface area contributed by atoms with Gasteiger partial charge in [-0.05, 0) is 37.6 Å². The van der Waals surface area contributed by atoms with E-state index in [-0.39, 0.29) is 18.6 Å². The highest BCUT2D eigenvalue weighted by Crippen LogP contribution is 2.15. The number of nitrogens with one attached hydrogen (secondary N) is 1. The van der Waals surface area contributed by atoms with Crippen LogP contribution in [0.2, 0.25) is 5.02 Å². The van der Waals surface area contributed by atoms with Crippen molar-refractivity contribution in [3.63, 3.8) is 0 Å². The van der Waals surface area contributed by atoms with Crippen LogP contribution in [-0.2, 0) is 4.79 Å². The maximum Gasteiger partial charge on any atom is 0.258 e. The third kappa shape index (κ3) is 6.26. The Morgan fingerprint density at radius 3 is 2.56 bits per heavy atom. The first-order chi connectivity index (χ1) is 8.47. The largest absolute Gasteiger partial charge is 0.484 e. The third-order valence-corrected chi connectivity index (χ3v) is 2.90. The van der Waals surface area contributed by atoms with Gasteiger partial charge in [-0.2, -0.15) is 0 Å². The van der Waals surface area contributed by atoms with Crippen LogP contribution < -0.4 is 10.1 Å². The number of hydrogen-bond acceptors (Lipinski definition) is 2. The van der Waals surface area contributed by atoms with Crippen molar-refractivity contribution < 1.29 is 9.53 Å². The average molecular weight is 335 g/mol. The minimum absolute atomic E-state index is 0.0165. The highest BCUT2D eigenvalue weighted by atomic mass is 79.9. The Morgan fingerprint density at radius 2 is 2.00 bits per heavy atom. The first kappa shape index (κ1) is 15.3. The zero-order valence-electron chi connectivity index (χ0n) is 10.5. The van der Waals surface area contributed by atoms with Crippen LogP contribution in [0.25, 0.3) is 0 Å². The van der Waals surface area contributed by atoms with Gasteiger partial charge in [-0.1, -0.05) is 34.5 Å². The first-order valence-electron chi connectivity index (χ1n) is 5.79. The lowest BCUT2D eigenvalue weighted by molar-refractivity contribution is -0.123. The summed E-state index contributed by atoms with van der Waals surface area (Å²) in [6.07, 6.45) is 0.882. The molecule has 0 saturated heterocycles. The molecule has 3 nitrogen and oxygen atoms in total. The monoisotopic (exact) mass is 333 g/mol. The van der Waals surface area contributed by atoms with Crippen molar-refractivity contribution in [1.82, 2.24) is 5.32 Å². The number of alkyl halides is 1. The molecule has 1 aromatic carbocycles. The predicted molar refractivity (Wildman–Crippen MR) is 77.6 cm³/mol. The zero-order chi connectivity index (χ0) is 13.5. The van der Waals surface area contributed by atoms with Crippen molar-refractivity contribution in [3.8, 4) is 5.75 Å². The normalized spacial score (nSPS) is 13.8. The minimum atomic E-state index is -0.120. The number of benzene rings is 1. The topological polar surface area (TPSA) is 38.3 Å². The second-order valence-electron chi connectivity index (χ2n) is 4.23. The summed E-state index contributed by atoms with van der Waals surface area (Å²) in [5.74, 6) is 0.515. The fourth-order valence-corrected chi connectivity index (χ4v) is 2.23. The molecule has 2 atom stereocenters. The van der Waals surface area contributed by atoms with Gasteiger partial charge in [0.2, 0.25) is 0 Å². The van der Waals surface area contributed by atoms with E-state index >= 15 is 0 Å². The second-order valence-corrected chi connectivity index (χ2v) is 6.23. The van der Waals surface area contributed by atoms with Gasteiger partial charge in [-0.25, -0.2) is 0 Å². The van der Waals surface area contributed by atoms with Gasteiger partial charge in [0.1, 0.15) is 5.75 Å². The fraction of sp³-hybridized carbons (Fsp3) is 0.462. The number of rotatable bonds is 6. The van der Waals surface area contributed by atoms with Crippen LogP contribution in [0.15, 0.2) is 24.3 Å². The molecular formula is C13H17BrClNO2. The molecule has 0 aliphatic rings. The lowest BCUT2D eigenvalue weighted by Gasteiger charge is -2.15. The van der Waals surface area contributed by atoms with E-state index in [1.807, 2.05) is 13.8 Å². The number of carbonyl (C=O) groups is 1.